The quantitative estimate of drug-likeness (QED) is 0.675. The molecule has 0 spiro atoms. The lowest BCUT2D eigenvalue weighted by molar-refractivity contribution is -0.730. The zero-order chi connectivity index (χ0) is 22.3. The minimum atomic E-state index is -4.86. The Kier molecular flexibility index (Phi) is 3.76. The summed E-state index contributed by atoms with van der Waals surface area (Å²) in [5.41, 5.74) is -2.17. The molecule has 2 aromatic heterocycles. The van der Waals surface area contributed by atoms with Gasteiger partial charge in [-0.3, -0.25) is 0 Å². The van der Waals surface area contributed by atoms with Crippen molar-refractivity contribution in [3.8, 4) is 11.7 Å². The first-order valence-electron chi connectivity index (χ1n) is 8.85. The van der Waals surface area contributed by atoms with Crippen LogP contribution in [0.15, 0.2) is 43.2 Å². The van der Waals surface area contributed by atoms with Gasteiger partial charge in [-0.25, -0.2) is 14.5 Å². The maximum absolute atomic E-state index is 13.3. The summed E-state index contributed by atoms with van der Waals surface area (Å²) in [7, 11) is 0. The van der Waals surface area contributed by atoms with Gasteiger partial charge in [0, 0.05) is 15.7 Å². The number of benzene rings is 1. The van der Waals surface area contributed by atoms with Gasteiger partial charge in [0.1, 0.15) is 6.56 Å². The van der Waals surface area contributed by atoms with E-state index in [0.717, 1.165) is 46.4 Å². The molecule has 0 atom stereocenters. The second-order valence-corrected chi connectivity index (χ2v) is 5.19. The summed E-state index contributed by atoms with van der Waals surface area (Å²) in [6.07, 6.45) is -0.852. The lowest BCUT2D eigenvalue weighted by Crippen LogP contribution is -2.30. The van der Waals surface area contributed by atoms with Crippen molar-refractivity contribution >= 4 is 11.6 Å². The van der Waals surface area contributed by atoms with Crippen LogP contribution < -0.4 is 9.30 Å². The van der Waals surface area contributed by atoms with Crippen LogP contribution in [0.25, 0.3) is 5.95 Å². The number of halogens is 4. The van der Waals surface area contributed by atoms with E-state index in [1.165, 1.54) is 0 Å². The highest BCUT2D eigenvalue weighted by molar-refractivity contribution is 6.31. The highest BCUT2D eigenvalue weighted by Crippen LogP contribution is 2.35. The summed E-state index contributed by atoms with van der Waals surface area (Å²) in [5.74, 6) is -0.394. The van der Waals surface area contributed by atoms with Crippen LogP contribution in [0.3, 0.4) is 0 Å². The molecule has 2 heterocycles. The number of hydrogen-bond acceptors (Lipinski definition) is 5. The highest BCUT2D eigenvalue weighted by Gasteiger charge is 2.34. The Labute approximate surface area is 155 Å². The summed E-state index contributed by atoms with van der Waals surface area (Å²) in [6.45, 7) is -5.67. The SMILES string of the molecule is [2H]C([2H])(Oc1cnc(-n2c[n+](C([2H])([2H])O)cn2)nc1)c1c(Cl)cccc1C(F)(F)F. The number of hydrogen-bond donors (Lipinski definition) is 1. The van der Waals surface area contributed by atoms with Crippen molar-refractivity contribution in [1.29, 1.82) is 0 Å². The predicted octanol–water partition coefficient (Wildman–Crippen LogP) is 2.15. The molecule has 0 saturated heterocycles. The first kappa shape index (κ1) is 13.5. The van der Waals surface area contributed by atoms with Crippen molar-refractivity contribution in [2.24, 2.45) is 0 Å². The van der Waals surface area contributed by atoms with Crippen LogP contribution in [0.5, 0.6) is 5.75 Å². The van der Waals surface area contributed by atoms with E-state index in [2.05, 4.69) is 15.1 Å². The van der Waals surface area contributed by atoms with Gasteiger partial charge in [-0.05, 0) is 16.8 Å². The third-order valence-electron chi connectivity index (χ3n) is 3.06. The molecule has 0 radical (unpaired) electrons. The standard InChI is InChI=1S/C15H12ClF3N5O2/c16-13-3-1-2-12(15(17,18)19)11(13)6-26-10-4-20-14(21-5-10)24-8-23(9-25)7-22-24/h1-5,7-8,25H,6,9H2/q+1/i6D2,9D2. The van der Waals surface area contributed by atoms with Crippen LogP contribution in [0.4, 0.5) is 13.2 Å². The van der Waals surface area contributed by atoms with Crippen LogP contribution >= 0.6 is 11.6 Å². The third kappa shape index (κ3) is 3.92. The second kappa shape index (κ2) is 7.26. The smallest absolute Gasteiger partial charge is 0.416 e. The van der Waals surface area contributed by atoms with Crippen LogP contribution in [-0.2, 0) is 19.4 Å². The van der Waals surface area contributed by atoms with E-state index in [-0.39, 0.29) is 11.7 Å². The van der Waals surface area contributed by atoms with Gasteiger partial charge < -0.3 is 9.84 Å². The zero-order valence-electron chi connectivity index (χ0n) is 16.6. The van der Waals surface area contributed by atoms with E-state index >= 15 is 0 Å². The summed E-state index contributed by atoms with van der Waals surface area (Å²) in [6, 6.07) is 2.85. The van der Waals surface area contributed by atoms with Gasteiger partial charge in [0.05, 0.1) is 23.4 Å². The summed E-state index contributed by atoms with van der Waals surface area (Å²) < 4.78 is 76.9. The number of nitrogens with zero attached hydrogens (tertiary/aromatic N) is 5. The first-order valence-corrected chi connectivity index (χ1v) is 7.23. The second-order valence-electron chi connectivity index (χ2n) is 4.78. The zero-order valence-corrected chi connectivity index (χ0v) is 13.4. The maximum atomic E-state index is 13.3. The molecule has 0 unspecified atom stereocenters. The molecule has 1 N–H and O–H groups in total. The highest BCUT2D eigenvalue weighted by atomic mass is 35.5. The monoisotopic (exact) mass is 390 g/mol. The molecule has 1 aromatic carbocycles. The van der Waals surface area contributed by atoms with E-state index < -0.39 is 35.6 Å². The molecule has 0 aliphatic rings. The van der Waals surface area contributed by atoms with Crippen molar-refractivity contribution in [2.75, 3.05) is 0 Å². The Bertz CT molecular complexity index is 1060. The van der Waals surface area contributed by atoms with Crippen molar-refractivity contribution in [3.05, 3.63) is 59.4 Å². The molecule has 0 aliphatic carbocycles. The average Bonchev–Trinajstić information content (AvgIpc) is 3.11. The summed E-state index contributed by atoms with van der Waals surface area (Å²) in [5, 5.41) is 12.6. The number of ether oxygens (including phenoxy) is 1. The molecule has 7 nitrogen and oxygen atoms in total. The number of aromatic nitrogens is 5. The van der Waals surface area contributed by atoms with Gasteiger partial charge in [0.25, 0.3) is 6.33 Å². The molecule has 136 valence electrons. The van der Waals surface area contributed by atoms with E-state index in [1.807, 2.05) is 0 Å². The molecule has 0 bridgehead atoms. The summed E-state index contributed by atoms with van der Waals surface area (Å²) in [4.78, 5) is 7.68. The fourth-order valence-corrected chi connectivity index (χ4v) is 2.11. The fraction of sp³-hybridized carbons (Fsp3) is 0.200. The molecular formula is C15H12ClF3N5O2+. The van der Waals surface area contributed by atoms with Crippen LogP contribution in [-0.4, -0.2) is 24.9 Å². The van der Waals surface area contributed by atoms with Crippen molar-refractivity contribution in [2.45, 2.75) is 19.4 Å². The Balaban J connectivity index is 1.88. The Morgan fingerprint density at radius 3 is 2.65 bits per heavy atom. The van der Waals surface area contributed by atoms with E-state index in [0.29, 0.717) is 6.07 Å². The number of rotatable bonds is 5. The van der Waals surface area contributed by atoms with Crippen LogP contribution in [0.1, 0.15) is 16.6 Å². The molecular weight excluding hydrogens is 375 g/mol. The van der Waals surface area contributed by atoms with E-state index in [4.69, 9.17) is 21.8 Å². The molecule has 0 saturated carbocycles. The van der Waals surface area contributed by atoms with Gasteiger partial charge in [-0.2, -0.15) is 13.2 Å². The van der Waals surface area contributed by atoms with Gasteiger partial charge in [-0.15, -0.1) is 0 Å². The van der Waals surface area contributed by atoms with Crippen molar-refractivity contribution in [1.82, 2.24) is 19.7 Å². The van der Waals surface area contributed by atoms with E-state index in [1.54, 1.807) is 0 Å². The summed E-state index contributed by atoms with van der Waals surface area (Å²) >= 11 is 5.81. The van der Waals surface area contributed by atoms with Crippen LogP contribution in [0, 0.1) is 0 Å². The molecule has 0 amide bonds. The molecule has 11 heteroatoms. The van der Waals surface area contributed by atoms with E-state index in [9.17, 15) is 18.3 Å². The van der Waals surface area contributed by atoms with Gasteiger partial charge in [-0.1, -0.05) is 17.7 Å². The topological polar surface area (TPSA) is 76.9 Å². The lowest BCUT2D eigenvalue weighted by Gasteiger charge is -2.14. The van der Waals surface area contributed by atoms with Gasteiger partial charge >= 0.3 is 12.1 Å². The number of alkyl halides is 3. The van der Waals surface area contributed by atoms with Crippen molar-refractivity contribution in [3.63, 3.8) is 0 Å². The Morgan fingerprint density at radius 1 is 1.31 bits per heavy atom. The Morgan fingerprint density at radius 2 is 2.04 bits per heavy atom. The molecule has 3 aromatic rings. The predicted molar refractivity (Wildman–Crippen MR) is 82.4 cm³/mol. The van der Waals surface area contributed by atoms with Crippen molar-refractivity contribution < 1.29 is 33.1 Å². The maximum Gasteiger partial charge on any atom is 0.416 e. The van der Waals surface area contributed by atoms with Gasteiger partial charge in [0.2, 0.25) is 6.33 Å². The molecule has 3 rings (SSSR count). The minimum absolute atomic E-state index is 0.0976. The normalized spacial score (nSPS) is 15.0. The molecule has 26 heavy (non-hydrogen) atoms. The fourth-order valence-electron chi connectivity index (χ4n) is 1.90. The lowest BCUT2D eigenvalue weighted by atomic mass is 10.1. The molecule has 0 fully saturated rings. The van der Waals surface area contributed by atoms with Crippen LogP contribution in [0.2, 0.25) is 5.02 Å². The minimum Gasteiger partial charge on any atom is -0.486 e. The third-order valence-corrected chi connectivity index (χ3v) is 3.37. The van der Waals surface area contributed by atoms with Gasteiger partial charge in [0.15, 0.2) is 12.4 Å². The first-order chi connectivity index (χ1) is 13.8. The Hall–Kier alpha value is -2.72. The average molecular weight is 391 g/mol. The molecule has 0 aliphatic heterocycles. The number of aliphatic hydroxyl groups is 1. The largest absolute Gasteiger partial charge is 0.486 e.